The molecule has 3 aromatic rings. The molecule has 4 nitrogen and oxygen atoms in total. The molecule has 1 aliphatic carbocycles. The molecule has 2 bridgehead atoms. The maximum absolute atomic E-state index is 13.6. The second kappa shape index (κ2) is 10.4. The van der Waals surface area contributed by atoms with Crippen LogP contribution in [0.3, 0.4) is 0 Å². The lowest BCUT2D eigenvalue weighted by atomic mass is 9.65. The zero-order valence-corrected chi connectivity index (χ0v) is 25.1. The van der Waals surface area contributed by atoms with Gasteiger partial charge in [0.25, 0.3) is 5.91 Å². The summed E-state index contributed by atoms with van der Waals surface area (Å²) in [6.07, 6.45) is 3.32. The van der Waals surface area contributed by atoms with Crippen LogP contribution < -0.4 is 0 Å². The second-order valence-electron chi connectivity index (χ2n) is 14.0. The van der Waals surface area contributed by atoms with Crippen molar-refractivity contribution in [2.24, 2.45) is 10.8 Å². The van der Waals surface area contributed by atoms with E-state index in [-0.39, 0.29) is 28.0 Å². The van der Waals surface area contributed by atoms with Gasteiger partial charge in [0.1, 0.15) is 16.5 Å². The number of carbonyl (C=O) groups excluding carboxylic acids is 1. The minimum Gasteiger partial charge on any atom is -0.334 e. The summed E-state index contributed by atoms with van der Waals surface area (Å²) in [5.41, 5.74) is 4.73. The van der Waals surface area contributed by atoms with Crippen molar-refractivity contribution in [1.29, 1.82) is 0 Å². The summed E-state index contributed by atoms with van der Waals surface area (Å²) in [4.78, 5) is 22.8. The Labute approximate surface area is 237 Å². The molecule has 2 heterocycles. The predicted octanol–water partition coefficient (Wildman–Crippen LogP) is 7.82. The van der Waals surface area contributed by atoms with Crippen LogP contribution in [0, 0.1) is 16.6 Å². The number of halogens is 1. The zero-order valence-electron chi connectivity index (χ0n) is 24.3. The summed E-state index contributed by atoms with van der Waals surface area (Å²) in [7, 11) is 0. The van der Waals surface area contributed by atoms with Gasteiger partial charge >= 0.3 is 0 Å². The van der Waals surface area contributed by atoms with Gasteiger partial charge in [-0.15, -0.1) is 11.3 Å². The summed E-state index contributed by atoms with van der Waals surface area (Å²) in [5.74, 6) is -0.151. The van der Waals surface area contributed by atoms with Crippen LogP contribution in [0.15, 0.2) is 53.9 Å². The Morgan fingerprint density at radius 2 is 1.62 bits per heavy atom. The van der Waals surface area contributed by atoms with Crippen LogP contribution in [0.1, 0.15) is 93.0 Å². The number of hydrogen-bond acceptors (Lipinski definition) is 4. The van der Waals surface area contributed by atoms with Gasteiger partial charge in [-0.3, -0.25) is 9.69 Å². The first-order valence-electron chi connectivity index (χ1n) is 14.1. The van der Waals surface area contributed by atoms with Gasteiger partial charge in [-0.25, -0.2) is 9.37 Å². The average molecular weight is 548 g/mol. The van der Waals surface area contributed by atoms with E-state index in [2.05, 4.69) is 75.6 Å². The highest BCUT2D eigenvalue weighted by Crippen LogP contribution is 2.52. The molecule has 2 unspecified atom stereocenters. The lowest BCUT2D eigenvalue weighted by Gasteiger charge is -2.39. The molecule has 2 atom stereocenters. The molecule has 1 amide bonds. The molecule has 208 valence electrons. The Hall–Kier alpha value is -2.57. The van der Waals surface area contributed by atoms with Crippen molar-refractivity contribution >= 4 is 17.2 Å². The first-order chi connectivity index (χ1) is 18.3. The first-order valence-corrected chi connectivity index (χ1v) is 15.0. The molecule has 1 aliphatic heterocycles. The molecule has 39 heavy (non-hydrogen) atoms. The van der Waals surface area contributed by atoms with Gasteiger partial charge in [-0.1, -0.05) is 77.9 Å². The molecule has 0 spiro atoms. The van der Waals surface area contributed by atoms with Crippen LogP contribution in [-0.2, 0) is 25.0 Å². The summed E-state index contributed by atoms with van der Waals surface area (Å²) in [6, 6.07) is 15.8. The normalized spacial score (nSPS) is 22.5. The van der Waals surface area contributed by atoms with E-state index in [1.54, 1.807) is 11.3 Å². The molecular formula is C33H42FN3OS. The zero-order chi connectivity index (χ0) is 28.0. The lowest BCUT2D eigenvalue weighted by Crippen LogP contribution is -2.37. The standard InChI is InChI=1S/C33H42FN3OS/c1-31(2,3)25-11-7-23(8-12-25)17-36(18-24-9-13-26(34)14-10-24)19-29-35-28(20-39-29)30(38)37-22-33(6)16-27(37)15-32(4,5)21-33/h7-14,20,27H,15-19,21-22H2,1-6H3. The molecule has 0 N–H and O–H groups in total. The van der Waals surface area contributed by atoms with Crippen molar-refractivity contribution in [3.05, 3.63) is 87.1 Å². The van der Waals surface area contributed by atoms with Crippen LogP contribution in [0.2, 0.25) is 0 Å². The monoisotopic (exact) mass is 547 g/mol. The molecule has 2 aliphatic rings. The molecule has 1 saturated carbocycles. The molecular weight excluding hydrogens is 505 g/mol. The minimum absolute atomic E-state index is 0.0757. The second-order valence-corrected chi connectivity index (χ2v) is 14.9. The number of likely N-dealkylation sites (tertiary alicyclic amines) is 1. The topological polar surface area (TPSA) is 36.4 Å². The third-order valence-corrected chi connectivity index (χ3v) is 9.18. The summed E-state index contributed by atoms with van der Waals surface area (Å²) < 4.78 is 13.5. The fourth-order valence-electron chi connectivity index (χ4n) is 6.90. The third-order valence-electron chi connectivity index (χ3n) is 8.35. The Morgan fingerprint density at radius 3 is 2.23 bits per heavy atom. The van der Waals surface area contributed by atoms with Crippen molar-refractivity contribution in [2.75, 3.05) is 6.54 Å². The number of nitrogens with zero attached hydrogens (tertiary/aromatic N) is 3. The molecule has 5 rings (SSSR count). The number of fused-ring (bicyclic) bond motifs is 2. The number of hydrogen-bond donors (Lipinski definition) is 0. The van der Waals surface area contributed by atoms with Gasteiger partial charge < -0.3 is 4.90 Å². The SMILES string of the molecule is CC1(C)CC2CC(C)(CN2C(=O)c2csc(CN(Cc3ccc(F)cc3)Cc3ccc(C(C)(C)C)cc3)n2)C1. The van der Waals surface area contributed by atoms with E-state index in [0.29, 0.717) is 24.8 Å². The van der Waals surface area contributed by atoms with Crippen molar-refractivity contribution in [3.8, 4) is 0 Å². The number of amides is 1. The van der Waals surface area contributed by atoms with Crippen molar-refractivity contribution in [3.63, 3.8) is 0 Å². The first kappa shape index (κ1) is 28.0. The third kappa shape index (κ3) is 6.60. The number of rotatable bonds is 7. The van der Waals surface area contributed by atoms with Crippen molar-refractivity contribution in [1.82, 2.24) is 14.8 Å². The minimum atomic E-state index is -0.227. The highest BCUT2D eigenvalue weighted by Gasteiger charge is 2.51. The Kier molecular flexibility index (Phi) is 7.49. The van der Waals surface area contributed by atoms with E-state index in [1.165, 1.54) is 23.3 Å². The van der Waals surface area contributed by atoms with Crippen molar-refractivity contribution in [2.45, 2.75) is 91.9 Å². The summed E-state index contributed by atoms with van der Waals surface area (Å²) >= 11 is 1.56. The Bertz CT molecular complexity index is 1310. The number of aromatic nitrogens is 1. The maximum atomic E-state index is 13.6. The predicted molar refractivity (Wildman–Crippen MR) is 157 cm³/mol. The van der Waals surface area contributed by atoms with Gasteiger partial charge in [0.2, 0.25) is 0 Å². The van der Waals surface area contributed by atoms with E-state index < -0.39 is 0 Å². The fourth-order valence-corrected chi connectivity index (χ4v) is 7.71. The van der Waals surface area contributed by atoms with Gasteiger partial charge in [0.05, 0.1) is 6.54 Å². The summed E-state index contributed by atoms with van der Waals surface area (Å²) in [5, 5.41) is 2.86. The fraction of sp³-hybridized carbons (Fsp3) is 0.515. The molecule has 0 radical (unpaired) electrons. The average Bonchev–Trinajstić information content (AvgIpc) is 3.40. The molecule has 2 fully saturated rings. The smallest absolute Gasteiger partial charge is 0.273 e. The molecule has 1 aromatic heterocycles. The maximum Gasteiger partial charge on any atom is 0.273 e. The van der Waals surface area contributed by atoms with E-state index in [4.69, 9.17) is 4.98 Å². The molecule has 1 saturated heterocycles. The van der Waals surface area contributed by atoms with E-state index in [0.717, 1.165) is 42.9 Å². The van der Waals surface area contributed by atoms with Crippen LogP contribution >= 0.6 is 11.3 Å². The van der Waals surface area contributed by atoms with Gasteiger partial charge in [0.15, 0.2) is 0 Å². The van der Waals surface area contributed by atoms with Crippen molar-refractivity contribution < 1.29 is 9.18 Å². The van der Waals surface area contributed by atoms with Gasteiger partial charge in [-0.2, -0.15) is 0 Å². The van der Waals surface area contributed by atoms with Crippen LogP contribution in [-0.4, -0.2) is 33.3 Å². The number of carbonyl (C=O) groups is 1. The van der Waals surface area contributed by atoms with Gasteiger partial charge in [-0.05, 0) is 64.3 Å². The Morgan fingerprint density at radius 1 is 1.00 bits per heavy atom. The largest absolute Gasteiger partial charge is 0.334 e. The molecule has 2 aromatic carbocycles. The Balaban J connectivity index is 1.32. The van der Waals surface area contributed by atoms with E-state index in [1.807, 2.05) is 17.5 Å². The number of benzene rings is 2. The van der Waals surface area contributed by atoms with E-state index >= 15 is 0 Å². The van der Waals surface area contributed by atoms with Crippen LogP contribution in [0.4, 0.5) is 4.39 Å². The quantitative estimate of drug-likeness (QED) is 0.303. The van der Waals surface area contributed by atoms with Crippen LogP contribution in [0.5, 0.6) is 0 Å². The van der Waals surface area contributed by atoms with Crippen LogP contribution in [0.25, 0.3) is 0 Å². The highest BCUT2D eigenvalue weighted by molar-refractivity contribution is 7.09. The van der Waals surface area contributed by atoms with E-state index in [9.17, 15) is 9.18 Å². The highest BCUT2D eigenvalue weighted by atomic mass is 32.1. The molecule has 6 heteroatoms. The summed E-state index contributed by atoms with van der Waals surface area (Å²) in [6.45, 7) is 16.5. The van der Waals surface area contributed by atoms with Gasteiger partial charge in [0, 0.05) is 31.1 Å². The number of thiazole rings is 1. The lowest BCUT2D eigenvalue weighted by molar-refractivity contribution is 0.0702.